The summed E-state index contributed by atoms with van der Waals surface area (Å²) in [6.45, 7) is 10.8. The first kappa shape index (κ1) is 19.8. The largest absolute Gasteiger partial charge is 0.493 e. The zero-order valence-corrected chi connectivity index (χ0v) is 16.4. The highest BCUT2D eigenvalue weighted by Gasteiger charge is 2.22. The van der Waals surface area contributed by atoms with Crippen LogP contribution in [-0.4, -0.2) is 25.7 Å². The maximum absolute atomic E-state index is 5.99. The zero-order valence-electron chi connectivity index (χ0n) is 14.1. The van der Waals surface area contributed by atoms with Crippen LogP contribution in [0.4, 0.5) is 0 Å². The molecular formula is C18H28IN3O. The summed E-state index contributed by atoms with van der Waals surface area (Å²) in [5.41, 5.74) is 2.34. The Kier molecular flexibility index (Phi) is 9.06. The van der Waals surface area contributed by atoms with E-state index in [-0.39, 0.29) is 24.0 Å². The lowest BCUT2D eigenvalue weighted by Crippen LogP contribution is -2.37. The predicted molar refractivity (Wildman–Crippen MR) is 108 cm³/mol. The van der Waals surface area contributed by atoms with E-state index in [4.69, 9.17) is 4.74 Å². The molecule has 0 amide bonds. The Balaban J connectivity index is 0.00000264. The van der Waals surface area contributed by atoms with Gasteiger partial charge in [-0.3, -0.25) is 0 Å². The van der Waals surface area contributed by atoms with E-state index in [9.17, 15) is 0 Å². The molecule has 1 saturated carbocycles. The summed E-state index contributed by atoms with van der Waals surface area (Å²) < 4.78 is 5.99. The minimum absolute atomic E-state index is 0. The molecule has 0 unspecified atom stereocenters. The average Bonchev–Trinajstić information content (AvgIpc) is 3.33. The van der Waals surface area contributed by atoms with Gasteiger partial charge in [-0.1, -0.05) is 18.2 Å². The fourth-order valence-electron chi connectivity index (χ4n) is 2.09. The second-order valence-corrected chi connectivity index (χ2v) is 5.73. The van der Waals surface area contributed by atoms with Gasteiger partial charge in [-0.2, -0.15) is 0 Å². The Hall–Kier alpha value is -1.24. The van der Waals surface area contributed by atoms with Gasteiger partial charge < -0.3 is 15.4 Å². The van der Waals surface area contributed by atoms with Crippen LogP contribution in [0.2, 0.25) is 0 Å². The molecule has 0 radical (unpaired) electrons. The highest BCUT2D eigenvalue weighted by Crippen LogP contribution is 2.30. The van der Waals surface area contributed by atoms with Crippen LogP contribution < -0.4 is 15.4 Å². The predicted octanol–water partition coefficient (Wildman–Crippen LogP) is 3.64. The molecule has 0 heterocycles. The van der Waals surface area contributed by atoms with Crippen LogP contribution in [0, 0.1) is 12.8 Å². The van der Waals surface area contributed by atoms with Gasteiger partial charge in [-0.05, 0) is 44.2 Å². The summed E-state index contributed by atoms with van der Waals surface area (Å²) >= 11 is 0. The first-order valence-electron chi connectivity index (χ1n) is 8.08. The van der Waals surface area contributed by atoms with Gasteiger partial charge in [0, 0.05) is 18.7 Å². The van der Waals surface area contributed by atoms with Crippen LogP contribution in [0.1, 0.15) is 30.9 Å². The van der Waals surface area contributed by atoms with Gasteiger partial charge in [0.25, 0.3) is 0 Å². The van der Waals surface area contributed by atoms with Crippen molar-refractivity contribution in [3.63, 3.8) is 0 Å². The molecule has 5 heteroatoms. The maximum Gasteiger partial charge on any atom is 0.191 e. The quantitative estimate of drug-likeness (QED) is 0.287. The lowest BCUT2D eigenvalue weighted by atomic mass is 10.1. The minimum atomic E-state index is 0. The number of hydrogen-bond donors (Lipinski definition) is 2. The first-order valence-corrected chi connectivity index (χ1v) is 8.08. The fourth-order valence-corrected chi connectivity index (χ4v) is 2.09. The molecule has 0 aromatic heterocycles. The van der Waals surface area contributed by atoms with Crippen molar-refractivity contribution in [2.24, 2.45) is 10.9 Å². The number of nitrogens with zero attached hydrogens (tertiary/aromatic N) is 1. The van der Waals surface area contributed by atoms with Crippen molar-refractivity contribution < 1.29 is 4.74 Å². The van der Waals surface area contributed by atoms with Gasteiger partial charge in [0.1, 0.15) is 5.75 Å². The molecule has 128 valence electrons. The molecule has 1 fully saturated rings. The Morgan fingerprint density at radius 3 is 2.83 bits per heavy atom. The van der Waals surface area contributed by atoms with E-state index < -0.39 is 0 Å². The summed E-state index contributed by atoms with van der Waals surface area (Å²) in [6.07, 6.45) is 4.42. The molecule has 4 nitrogen and oxygen atoms in total. The maximum atomic E-state index is 5.99. The standard InChI is InChI=1S/C18H27N3O.HI/c1-4-10-20-18(19-5-2)21-12-16-9-6-14(3)11-17(16)22-13-15-7-8-15;/h4,6,9,11,15H,1,5,7-8,10,12-13H2,2-3H3,(H2,19,20,21);1H. The molecule has 1 aliphatic rings. The smallest absolute Gasteiger partial charge is 0.191 e. The van der Waals surface area contributed by atoms with E-state index in [0.717, 1.165) is 36.3 Å². The van der Waals surface area contributed by atoms with Crippen LogP contribution in [0.25, 0.3) is 0 Å². The van der Waals surface area contributed by atoms with Crippen LogP contribution >= 0.6 is 24.0 Å². The third-order valence-corrected chi connectivity index (χ3v) is 3.56. The summed E-state index contributed by atoms with van der Waals surface area (Å²) in [6, 6.07) is 6.33. The molecule has 23 heavy (non-hydrogen) atoms. The molecular weight excluding hydrogens is 401 g/mol. The molecule has 0 spiro atoms. The van der Waals surface area contributed by atoms with E-state index in [0.29, 0.717) is 13.1 Å². The van der Waals surface area contributed by atoms with Crippen molar-refractivity contribution in [2.75, 3.05) is 19.7 Å². The SMILES string of the molecule is C=CCNC(=NCc1ccc(C)cc1OCC1CC1)NCC.I. The first-order chi connectivity index (χ1) is 10.7. The topological polar surface area (TPSA) is 45.7 Å². The Morgan fingerprint density at radius 1 is 1.39 bits per heavy atom. The van der Waals surface area contributed by atoms with Gasteiger partial charge in [0.2, 0.25) is 0 Å². The van der Waals surface area contributed by atoms with Gasteiger partial charge >= 0.3 is 0 Å². The van der Waals surface area contributed by atoms with Crippen LogP contribution in [0.3, 0.4) is 0 Å². The molecule has 0 aliphatic heterocycles. The lowest BCUT2D eigenvalue weighted by molar-refractivity contribution is 0.296. The second-order valence-electron chi connectivity index (χ2n) is 5.73. The number of ether oxygens (including phenoxy) is 1. The van der Waals surface area contributed by atoms with E-state index in [1.807, 2.05) is 6.08 Å². The molecule has 2 rings (SSSR count). The number of rotatable bonds is 8. The average molecular weight is 429 g/mol. The normalized spacial score (nSPS) is 13.9. The zero-order chi connectivity index (χ0) is 15.8. The van der Waals surface area contributed by atoms with Gasteiger partial charge in [-0.15, -0.1) is 30.6 Å². The van der Waals surface area contributed by atoms with Gasteiger partial charge in [0.15, 0.2) is 5.96 Å². The van der Waals surface area contributed by atoms with Crippen molar-refractivity contribution in [3.05, 3.63) is 42.0 Å². The molecule has 1 aliphatic carbocycles. The molecule has 2 N–H and O–H groups in total. The van der Waals surface area contributed by atoms with Crippen LogP contribution in [0.5, 0.6) is 5.75 Å². The Labute approximate surface area is 156 Å². The summed E-state index contributed by atoms with van der Waals surface area (Å²) in [7, 11) is 0. The minimum Gasteiger partial charge on any atom is -0.493 e. The third kappa shape index (κ3) is 7.24. The highest BCUT2D eigenvalue weighted by molar-refractivity contribution is 14.0. The summed E-state index contributed by atoms with van der Waals surface area (Å²) in [5, 5.41) is 6.44. The molecule has 0 atom stereocenters. The number of halogens is 1. The number of aliphatic imine (C=N–C) groups is 1. The fraction of sp³-hybridized carbons (Fsp3) is 0.500. The van der Waals surface area contributed by atoms with E-state index in [2.05, 4.69) is 54.3 Å². The molecule has 0 bridgehead atoms. The van der Waals surface area contributed by atoms with Crippen molar-refractivity contribution in [1.82, 2.24) is 10.6 Å². The number of hydrogen-bond acceptors (Lipinski definition) is 2. The Bertz CT molecular complexity index is 527. The van der Waals surface area contributed by atoms with Crippen molar-refractivity contribution in [1.29, 1.82) is 0 Å². The van der Waals surface area contributed by atoms with Gasteiger partial charge in [0.05, 0.1) is 13.2 Å². The number of benzene rings is 1. The summed E-state index contributed by atoms with van der Waals surface area (Å²) in [5.74, 6) is 2.52. The molecule has 0 saturated heterocycles. The highest BCUT2D eigenvalue weighted by atomic mass is 127. The number of nitrogens with one attached hydrogen (secondary N) is 2. The van der Waals surface area contributed by atoms with Crippen molar-refractivity contribution in [2.45, 2.75) is 33.2 Å². The molecule has 1 aromatic carbocycles. The second kappa shape index (κ2) is 10.5. The lowest BCUT2D eigenvalue weighted by Gasteiger charge is -2.13. The van der Waals surface area contributed by atoms with E-state index in [1.165, 1.54) is 18.4 Å². The van der Waals surface area contributed by atoms with Gasteiger partial charge in [-0.25, -0.2) is 4.99 Å². The Morgan fingerprint density at radius 2 is 2.17 bits per heavy atom. The molecule has 1 aromatic rings. The van der Waals surface area contributed by atoms with Crippen LogP contribution in [0.15, 0.2) is 35.8 Å². The van der Waals surface area contributed by atoms with Crippen LogP contribution in [-0.2, 0) is 6.54 Å². The monoisotopic (exact) mass is 429 g/mol. The van der Waals surface area contributed by atoms with Crippen molar-refractivity contribution in [3.8, 4) is 5.75 Å². The number of aryl methyl sites for hydroxylation is 1. The van der Waals surface area contributed by atoms with E-state index >= 15 is 0 Å². The summed E-state index contributed by atoms with van der Waals surface area (Å²) in [4.78, 5) is 4.62. The van der Waals surface area contributed by atoms with Crippen molar-refractivity contribution >= 4 is 29.9 Å². The third-order valence-electron chi connectivity index (χ3n) is 3.56. The van der Waals surface area contributed by atoms with E-state index in [1.54, 1.807) is 0 Å². The number of guanidine groups is 1.